The Bertz CT molecular complexity index is 648. The summed E-state index contributed by atoms with van der Waals surface area (Å²) in [6.07, 6.45) is 1.83. The largest absolute Gasteiger partial charge is 0.466 e. The van der Waals surface area contributed by atoms with Crippen molar-refractivity contribution in [1.82, 2.24) is 5.32 Å². The molecule has 5 nitrogen and oxygen atoms in total. The zero-order valence-corrected chi connectivity index (χ0v) is 13.9. The Morgan fingerprint density at radius 3 is 2.62 bits per heavy atom. The van der Waals surface area contributed by atoms with Gasteiger partial charge in [-0.15, -0.1) is 0 Å². The Hall–Kier alpha value is -2.56. The standard InChI is InChI=1S/C19H23NO4/c1-2-23-19(22)9-6-14-20-18(21)13-11-16-10-12-17(24-16)15-7-4-3-5-8-15/h3-5,7-8,10,12H,2,6,9,11,13-14H2,1H3,(H,20,21). The monoisotopic (exact) mass is 329 g/mol. The molecule has 1 aromatic heterocycles. The van der Waals surface area contributed by atoms with Crippen LogP contribution in [-0.2, 0) is 20.7 Å². The van der Waals surface area contributed by atoms with Gasteiger partial charge in [0.2, 0.25) is 5.91 Å². The summed E-state index contributed by atoms with van der Waals surface area (Å²) in [6, 6.07) is 13.7. The number of carbonyl (C=O) groups is 2. The van der Waals surface area contributed by atoms with Crippen molar-refractivity contribution in [2.45, 2.75) is 32.6 Å². The number of rotatable bonds is 9. The van der Waals surface area contributed by atoms with Crippen LogP contribution in [0.4, 0.5) is 0 Å². The summed E-state index contributed by atoms with van der Waals surface area (Å²) in [5, 5.41) is 2.80. The number of ether oxygens (including phenoxy) is 1. The Balaban J connectivity index is 1.67. The molecule has 2 aromatic rings. The average molecular weight is 329 g/mol. The van der Waals surface area contributed by atoms with Gasteiger partial charge in [-0.2, -0.15) is 0 Å². The van der Waals surface area contributed by atoms with Crippen LogP contribution in [0.25, 0.3) is 11.3 Å². The molecule has 1 amide bonds. The fourth-order valence-corrected chi connectivity index (χ4v) is 2.29. The smallest absolute Gasteiger partial charge is 0.305 e. The molecule has 0 aliphatic carbocycles. The number of furan rings is 1. The Labute approximate surface area is 142 Å². The van der Waals surface area contributed by atoms with Crippen molar-refractivity contribution in [2.75, 3.05) is 13.2 Å². The molecule has 0 unspecified atom stereocenters. The predicted molar refractivity (Wildman–Crippen MR) is 91.3 cm³/mol. The van der Waals surface area contributed by atoms with Gasteiger partial charge in [-0.3, -0.25) is 9.59 Å². The molecule has 0 atom stereocenters. The van der Waals surface area contributed by atoms with Gasteiger partial charge in [0.05, 0.1) is 6.61 Å². The normalized spacial score (nSPS) is 10.4. The second-order valence-electron chi connectivity index (χ2n) is 5.39. The highest BCUT2D eigenvalue weighted by Gasteiger charge is 2.08. The van der Waals surface area contributed by atoms with Crippen molar-refractivity contribution in [3.05, 3.63) is 48.2 Å². The molecule has 2 rings (SSSR count). The number of hydrogen-bond acceptors (Lipinski definition) is 4. The topological polar surface area (TPSA) is 68.5 Å². The second-order valence-corrected chi connectivity index (χ2v) is 5.39. The van der Waals surface area contributed by atoms with Crippen LogP contribution in [-0.4, -0.2) is 25.0 Å². The van der Waals surface area contributed by atoms with Gasteiger partial charge in [0.1, 0.15) is 11.5 Å². The summed E-state index contributed by atoms with van der Waals surface area (Å²) in [5.41, 5.74) is 1.02. The third kappa shape index (κ3) is 5.91. The molecule has 0 fully saturated rings. The molecule has 0 bridgehead atoms. The number of carbonyl (C=O) groups excluding carboxylic acids is 2. The molecular formula is C19H23NO4. The molecule has 5 heteroatoms. The lowest BCUT2D eigenvalue weighted by Gasteiger charge is -2.04. The molecule has 0 radical (unpaired) electrons. The van der Waals surface area contributed by atoms with Crippen molar-refractivity contribution >= 4 is 11.9 Å². The van der Waals surface area contributed by atoms with Gasteiger partial charge >= 0.3 is 5.97 Å². The van der Waals surface area contributed by atoms with E-state index in [0.29, 0.717) is 38.8 Å². The molecule has 0 saturated carbocycles. The first kappa shape index (κ1) is 17.8. The molecule has 0 aliphatic rings. The number of amides is 1. The molecule has 1 heterocycles. The minimum absolute atomic E-state index is 0.0449. The summed E-state index contributed by atoms with van der Waals surface area (Å²) < 4.78 is 10.6. The summed E-state index contributed by atoms with van der Waals surface area (Å²) in [7, 11) is 0. The molecule has 24 heavy (non-hydrogen) atoms. The van der Waals surface area contributed by atoms with Gasteiger partial charge in [-0.25, -0.2) is 0 Å². The third-order valence-electron chi connectivity index (χ3n) is 3.50. The average Bonchev–Trinajstić information content (AvgIpc) is 3.07. The molecule has 1 N–H and O–H groups in total. The van der Waals surface area contributed by atoms with E-state index < -0.39 is 0 Å². The van der Waals surface area contributed by atoms with E-state index in [0.717, 1.165) is 17.1 Å². The molecule has 0 saturated heterocycles. The highest BCUT2D eigenvalue weighted by Crippen LogP contribution is 2.22. The van der Waals surface area contributed by atoms with E-state index in [2.05, 4.69) is 5.32 Å². The SMILES string of the molecule is CCOC(=O)CCCNC(=O)CCc1ccc(-c2ccccc2)o1. The summed E-state index contributed by atoms with van der Waals surface area (Å²) >= 11 is 0. The van der Waals surface area contributed by atoms with Crippen LogP contribution in [0.3, 0.4) is 0 Å². The first-order valence-electron chi connectivity index (χ1n) is 8.25. The first-order valence-corrected chi connectivity index (χ1v) is 8.25. The summed E-state index contributed by atoms with van der Waals surface area (Å²) in [4.78, 5) is 23.0. The number of aryl methyl sites for hydroxylation is 1. The maximum absolute atomic E-state index is 11.8. The van der Waals surface area contributed by atoms with E-state index in [1.54, 1.807) is 6.92 Å². The van der Waals surface area contributed by atoms with E-state index in [1.165, 1.54) is 0 Å². The van der Waals surface area contributed by atoms with Crippen molar-refractivity contribution in [2.24, 2.45) is 0 Å². The van der Waals surface area contributed by atoms with Crippen LogP contribution in [0, 0.1) is 0 Å². The molecule has 128 valence electrons. The van der Waals surface area contributed by atoms with Crippen molar-refractivity contribution in [3.8, 4) is 11.3 Å². The van der Waals surface area contributed by atoms with Crippen LogP contribution < -0.4 is 5.32 Å². The second kappa shape index (κ2) is 9.55. The van der Waals surface area contributed by atoms with Crippen LogP contribution in [0.2, 0.25) is 0 Å². The number of benzene rings is 1. The van der Waals surface area contributed by atoms with E-state index >= 15 is 0 Å². The number of esters is 1. The third-order valence-corrected chi connectivity index (χ3v) is 3.50. The van der Waals surface area contributed by atoms with Gasteiger partial charge in [-0.05, 0) is 25.5 Å². The highest BCUT2D eigenvalue weighted by atomic mass is 16.5. The fraction of sp³-hybridized carbons (Fsp3) is 0.368. The van der Waals surface area contributed by atoms with Crippen molar-refractivity contribution < 1.29 is 18.7 Å². The van der Waals surface area contributed by atoms with Gasteiger partial charge in [0, 0.05) is 31.4 Å². The summed E-state index contributed by atoms with van der Waals surface area (Å²) in [6.45, 7) is 2.64. The first-order chi connectivity index (χ1) is 11.7. The Morgan fingerprint density at radius 1 is 1.08 bits per heavy atom. The lowest BCUT2D eigenvalue weighted by atomic mass is 10.2. The Morgan fingerprint density at radius 2 is 1.88 bits per heavy atom. The quantitative estimate of drug-likeness (QED) is 0.566. The van der Waals surface area contributed by atoms with Gasteiger partial charge < -0.3 is 14.5 Å². The van der Waals surface area contributed by atoms with E-state index in [9.17, 15) is 9.59 Å². The van der Waals surface area contributed by atoms with E-state index in [1.807, 2.05) is 42.5 Å². The molecule has 1 aromatic carbocycles. The summed E-state index contributed by atoms with van der Waals surface area (Å²) in [5.74, 6) is 1.32. The van der Waals surface area contributed by atoms with Crippen LogP contribution in [0.15, 0.2) is 46.9 Å². The minimum Gasteiger partial charge on any atom is -0.466 e. The van der Waals surface area contributed by atoms with E-state index in [-0.39, 0.29) is 11.9 Å². The highest BCUT2D eigenvalue weighted by molar-refractivity contribution is 5.76. The minimum atomic E-state index is -0.226. The van der Waals surface area contributed by atoms with E-state index in [4.69, 9.17) is 9.15 Å². The zero-order valence-electron chi connectivity index (χ0n) is 13.9. The van der Waals surface area contributed by atoms with Crippen LogP contribution in [0.1, 0.15) is 31.9 Å². The maximum atomic E-state index is 11.8. The zero-order chi connectivity index (χ0) is 17.2. The lowest BCUT2D eigenvalue weighted by Crippen LogP contribution is -2.25. The van der Waals surface area contributed by atoms with Gasteiger partial charge in [0.15, 0.2) is 0 Å². The van der Waals surface area contributed by atoms with Crippen molar-refractivity contribution in [3.63, 3.8) is 0 Å². The predicted octanol–water partition coefficient (Wildman–Crippen LogP) is 3.34. The number of nitrogens with one attached hydrogen (secondary N) is 1. The lowest BCUT2D eigenvalue weighted by molar-refractivity contribution is -0.143. The molecule has 0 aliphatic heterocycles. The van der Waals surface area contributed by atoms with Crippen LogP contribution >= 0.6 is 0 Å². The van der Waals surface area contributed by atoms with Gasteiger partial charge in [-0.1, -0.05) is 30.3 Å². The molecule has 0 spiro atoms. The fourth-order valence-electron chi connectivity index (χ4n) is 2.29. The molecular weight excluding hydrogens is 306 g/mol. The van der Waals surface area contributed by atoms with Crippen LogP contribution in [0.5, 0.6) is 0 Å². The number of hydrogen-bond donors (Lipinski definition) is 1. The van der Waals surface area contributed by atoms with Crippen molar-refractivity contribution in [1.29, 1.82) is 0 Å². The Kier molecular flexibility index (Phi) is 7.08. The maximum Gasteiger partial charge on any atom is 0.305 e. The van der Waals surface area contributed by atoms with Gasteiger partial charge in [0.25, 0.3) is 0 Å².